The van der Waals surface area contributed by atoms with Gasteiger partial charge in [0, 0.05) is 20.8 Å². The van der Waals surface area contributed by atoms with Crippen molar-refractivity contribution in [1.82, 2.24) is 0 Å². The molecule has 1 aromatic rings. The summed E-state index contributed by atoms with van der Waals surface area (Å²) < 4.78 is 16.3. The van der Waals surface area contributed by atoms with E-state index in [9.17, 15) is 0 Å². The molecule has 0 spiro atoms. The second-order valence-electron chi connectivity index (χ2n) is 3.35. The SMILES string of the molecule is CO[Si](C)(OC)O[SiH2]Cc1ccccc1. The third kappa shape index (κ3) is 4.27. The van der Waals surface area contributed by atoms with Crippen LogP contribution in [0.2, 0.25) is 6.55 Å². The average molecular weight is 242 g/mol. The van der Waals surface area contributed by atoms with E-state index in [1.54, 1.807) is 14.2 Å². The Labute approximate surface area is 94.7 Å². The zero-order chi connectivity index (χ0) is 11.1. The van der Waals surface area contributed by atoms with Gasteiger partial charge < -0.3 is 13.0 Å². The molecule has 0 N–H and O–H groups in total. The molecular formula is C10H18O3Si2. The van der Waals surface area contributed by atoms with Crippen molar-refractivity contribution in [2.75, 3.05) is 14.2 Å². The molecule has 5 heteroatoms. The predicted molar refractivity (Wildman–Crippen MR) is 65.4 cm³/mol. The van der Waals surface area contributed by atoms with E-state index in [1.165, 1.54) is 5.56 Å². The fourth-order valence-electron chi connectivity index (χ4n) is 1.20. The number of hydrogen-bond donors (Lipinski definition) is 0. The monoisotopic (exact) mass is 242 g/mol. The van der Waals surface area contributed by atoms with Crippen LogP contribution in [-0.4, -0.2) is 32.8 Å². The van der Waals surface area contributed by atoms with Gasteiger partial charge in [0.1, 0.15) is 0 Å². The summed E-state index contributed by atoms with van der Waals surface area (Å²) in [5.74, 6) is 0. The molecule has 0 aliphatic carbocycles. The Bertz CT molecular complexity index is 275. The predicted octanol–water partition coefficient (Wildman–Crippen LogP) is 1.15. The Hall–Kier alpha value is -0.466. The quantitative estimate of drug-likeness (QED) is 0.700. The van der Waals surface area contributed by atoms with Crippen LogP contribution >= 0.6 is 0 Å². The van der Waals surface area contributed by atoms with Crippen molar-refractivity contribution in [2.45, 2.75) is 12.6 Å². The Morgan fingerprint density at radius 2 is 1.73 bits per heavy atom. The number of rotatable bonds is 6. The van der Waals surface area contributed by atoms with E-state index in [-0.39, 0.29) is 0 Å². The maximum Gasteiger partial charge on any atom is 0.486 e. The standard InChI is InChI=1S/C10H18O3Si2/c1-11-15(3,12-2)13-14-9-10-7-5-4-6-8-10/h4-8H,9,14H2,1-3H3. The fraction of sp³-hybridized carbons (Fsp3) is 0.400. The molecule has 0 fully saturated rings. The molecule has 0 saturated carbocycles. The number of benzene rings is 1. The van der Waals surface area contributed by atoms with Gasteiger partial charge in [0.2, 0.25) is 0 Å². The van der Waals surface area contributed by atoms with Gasteiger partial charge in [0.05, 0.1) is 0 Å². The molecule has 0 atom stereocenters. The fourth-order valence-corrected chi connectivity index (χ4v) is 4.77. The largest absolute Gasteiger partial charge is 0.486 e. The van der Waals surface area contributed by atoms with E-state index in [4.69, 9.17) is 13.0 Å². The lowest BCUT2D eigenvalue weighted by Gasteiger charge is -2.22. The van der Waals surface area contributed by atoms with Crippen molar-refractivity contribution in [3.05, 3.63) is 35.9 Å². The molecule has 0 heterocycles. The third-order valence-corrected chi connectivity index (χ3v) is 7.52. The van der Waals surface area contributed by atoms with Gasteiger partial charge in [-0.3, -0.25) is 0 Å². The minimum Gasteiger partial charge on any atom is -0.421 e. The normalized spacial score (nSPS) is 12.5. The molecule has 3 nitrogen and oxygen atoms in total. The Kier molecular flexibility index (Phi) is 5.20. The molecule has 1 aromatic carbocycles. The highest BCUT2D eigenvalue weighted by Crippen LogP contribution is 2.06. The van der Waals surface area contributed by atoms with Crippen molar-refractivity contribution in [3.8, 4) is 0 Å². The van der Waals surface area contributed by atoms with Gasteiger partial charge in [0.15, 0.2) is 9.76 Å². The highest BCUT2D eigenvalue weighted by molar-refractivity contribution is 6.64. The first-order chi connectivity index (χ1) is 7.20. The van der Waals surface area contributed by atoms with Gasteiger partial charge in [-0.15, -0.1) is 0 Å². The molecule has 15 heavy (non-hydrogen) atoms. The first-order valence-electron chi connectivity index (χ1n) is 4.98. The van der Waals surface area contributed by atoms with Crippen LogP contribution in [0.25, 0.3) is 0 Å². The zero-order valence-electron chi connectivity index (χ0n) is 9.53. The van der Waals surface area contributed by atoms with E-state index >= 15 is 0 Å². The Morgan fingerprint density at radius 1 is 1.13 bits per heavy atom. The molecular weight excluding hydrogens is 224 g/mol. The molecule has 0 aliphatic heterocycles. The summed E-state index contributed by atoms with van der Waals surface area (Å²) >= 11 is 0. The van der Waals surface area contributed by atoms with Gasteiger partial charge in [-0.1, -0.05) is 30.3 Å². The highest BCUT2D eigenvalue weighted by atomic mass is 28.4. The van der Waals surface area contributed by atoms with Gasteiger partial charge >= 0.3 is 8.80 Å². The molecule has 0 bridgehead atoms. The lowest BCUT2D eigenvalue weighted by molar-refractivity contribution is 0.172. The Morgan fingerprint density at radius 3 is 2.27 bits per heavy atom. The molecule has 0 amide bonds. The van der Waals surface area contributed by atoms with Crippen LogP contribution in [0.15, 0.2) is 30.3 Å². The minimum absolute atomic E-state index is 0.601. The molecule has 0 aromatic heterocycles. The van der Waals surface area contributed by atoms with Gasteiger partial charge in [-0.25, -0.2) is 0 Å². The van der Waals surface area contributed by atoms with E-state index < -0.39 is 18.6 Å². The smallest absolute Gasteiger partial charge is 0.421 e. The second-order valence-corrected chi connectivity index (χ2v) is 7.96. The summed E-state index contributed by atoms with van der Waals surface area (Å²) in [6.07, 6.45) is 0. The van der Waals surface area contributed by atoms with Crippen molar-refractivity contribution >= 4 is 18.6 Å². The van der Waals surface area contributed by atoms with E-state index in [2.05, 4.69) is 12.1 Å². The van der Waals surface area contributed by atoms with Gasteiger partial charge in [0.25, 0.3) is 0 Å². The van der Waals surface area contributed by atoms with Gasteiger partial charge in [-0.05, 0) is 11.6 Å². The highest BCUT2D eigenvalue weighted by Gasteiger charge is 2.30. The van der Waals surface area contributed by atoms with Crippen LogP contribution in [0.4, 0.5) is 0 Å². The van der Waals surface area contributed by atoms with Crippen molar-refractivity contribution < 1.29 is 13.0 Å². The van der Waals surface area contributed by atoms with Crippen LogP contribution in [0, 0.1) is 0 Å². The van der Waals surface area contributed by atoms with Crippen LogP contribution in [0.3, 0.4) is 0 Å². The summed E-state index contributed by atoms with van der Waals surface area (Å²) in [5, 5.41) is 0. The van der Waals surface area contributed by atoms with E-state index in [0.717, 1.165) is 6.04 Å². The average Bonchev–Trinajstić information content (AvgIpc) is 2.30. The molecule has 0 saturated heterocycles. The van der Waals surface area contributed by atoms with Crippen LogP contribution in [0.1, 0.15) is 5.56 Å². The number of hydrogen-bond acceptors (Lipinski definition) is 3. The first kappa shape index (κ1) is 12.6. The maximum absolute atomic E-state index is 5.77. The van der Waals surface area contributed by atoms with Crippen LogP contribution in [-0.2, 0) is 19.0 Å². The summed E-state index contributed by atoms with van der Waals surface area (Å²) in [6.45, 7) is 1.92. The van der Waals surface area contributed by atoms with E-state index in [1.807, 2.05) is 24.7 Å². The molecule has 84 valence electrons. The summed E-state index contributed by atoms with van der Waals surface area (Å²) in [6, 6.07) is 11.4. The topological polar surface area (TPSA) is 27.7 Å². The van der Waals surface area contributed by atoms with Crippen molar-refractivity contribution in [1.29, 1.82) is 0 Å². The Balaban J connectivity index is 2.33. The van der Waals surface area contributed by atoms with Crippen LogP contribution in [0.5, 0.6) is 0 Å². The summed E-state index contributed by atoms with van der Waals surface area (Å²) in [4.78, 5) is 0. The molecule has 0 radical (unpaired) electrons. The molecule has 0 aliphatic rings. The van der Waals surface area contributed by atoms with E-state index in [0.29, 0.717) is 0 Å². The summed E-state index contributed by atoms with van der Waals surface area (Å²) in [7, 11) is 0.400. The molecule has 0 unspecified atom stereocenters. The lowest BCUT2D eigenvalue weighted by atomic mass is 10.2. The first-order valence-corrected chi connectivity index (χ1v) is 8.78. The second kappa shape index (κ2) is 6.19. The lowest BCUT2D eigenvalue weighted by Crippen LogP contribution is -2.41. The third-order valence-electron chi connectivity index (χ3n) is 2.34. The van der Waals surface area contributed by atoms with Crippen molar-refractivity contribution in [3.63, 3.8) is 0 Å². The van der Waals surface area contributed by atoms with Gasteiger partial charge in [-0.2, -0.15) is 0 Å². The minimum atomic E-state index is -2.29. The zero-order valence-corrected chi connectivity index (χ0v) is 11.9. The summed E-state index contributed by atoms with van der Waals surface area (Å²) in [5.41, 5.74) is 1.33. The maximum atomic E-state index is 5.77. The van der Waals surface area contributed by atoms with Crippen molar-refractivity contribution in [2.24, 2.45) is 0 Å². The van der Waals surface area contributed by atoms with Crippen LogP contribution < -0.4 is 0 Å². The molecule has 1 rings (SSSR count).